The predicted octanol–water partition coefficient (Wildman–Crippen LogP) is 4.04. The molecule has 0 spiro atoms. The topological polar surface area (TPSA) is 58.2 Å². The molecular formula is C17H12ClN3O. The number of benzene rings is 1. The third-order valence-electron chi connectivity index (χ3n) is 3.55. The second-order valence-corrected chi connectivity index (χ2v) is 5.39. The van der Waals surface area contributed by atoms with E-state index in [4.69, 9.17) is 11.6 Å². The van der Waals surface area contributed by atoms with Gasteiger partial charge in [0.25, 0.3) is 0 Å². The van der Waals surface area contributed by atoms with Crippen molar-refractivity contribution in [1.29, 1.82) is 5.26 Å². The van der Waals surface area contributed by atoms with Crippen molar-refractivity contribution in [3.63, 3.8) is 0 Å². The zero-order valence-electron chi connectivity index (χ0n) is 12.1. The molecule has 3 aromatic rings. The molecule has 2 aromatic heterocycles. The Balaban J connectivity index is 2.55. The number of nitrogens with zero attached hydrogens (tertiary/aromatic N) is 3. The molecule has 0 N–H and O–H groups in total. The molecule has 3 rings (SSSR count). The Bertz CT molecular complexity index is 936. The van der Waals surface area contributed by atoms with Crippen LogP contribution in [0.3, 0.4) is 0 Å². The summed E-state index contributed by atoms with van der Waals surface area (Å²) in [6.07, 6.45) is 0. The van der Waals surface area contributed by atoms with Crippen molar-refractivity contribution < 1.29 is 4.79 Å². The van der Waals surface area contributed by atoms with Gasteiger partial charge in [0.05, 0.1) is 10.7 Å². The van der Waals surface area contributed by atoms with Crippen LogP contribution in [-0.2, 0) is 0 Å². The summed E-state index contributed by atoms with van der Waals surface area (Å²) in [6.45, 7) is 3.29. The lowest BCUT2D eigenvalue weighted by atomic mass is 10.0. The Labute approximate surface area is 132 Å². The molecule has 108 valence electrons. The van der Waals surface area contributed by atoms with Crippen LogP contribution in [0.5, 0.6) is 0 Å². The summed E-state index contributed by atoms with van der Waals surface area (Å²) in [5, 5.41) is 9.61. The highest BCUT2D eigenvalue weighted by atomic mass is 35.5. The molecule has 0 atom stereocenters. The largest absolute Gasteiger partial charge is 0.294 e. The van der Waals surface area contributed by atoms with Crippen molar-refractivity contribution >= 4 is 22.9 Å². The molecule has 4 nitrogen and oxygen atoms in total. The number of rotatable bonds is 2. The van der Waals surface area contributed by atoms with E-state index in [1.54, 1.807) is 17.4 Å². The molecule has 0 aliphatic heterocycles. The maximum absolute atomic E-state index is 12.1. The number of pyridine rings is 1. The molecule has 0 saturated heterocycles. The normalized spacial score (nSPS) is 10.6. The second-order valence-electron chi connectivity index (χ2n) is 4.98. The van der Waals surface area contributed by atoms with E-state index >= 15 is 0 Å². The number of carbonyl (C=O) groups excluding carboxylic acids is 1. The average Bonchev–Trinajstić information content (AvgIpc) is 2.85. The summed E-state index contributed by atoms with van der Waals surface area (Å²) in [4.78, 5) is 16.3. The van der Waals surface area contributed by atoms with Crippen LogP contribution in [0.25, 0.3) is 16.8 Å². The van der Waals surface area contributed by atoms with Gasteiger partial charge in [0.1, 0.15) is 17.4 Å². The summed E-state index contributed by atoms with van der Waals surface area (Å²) in [7, 11) is 0. The van der Waals surface area contributed by atoms with E-state index in [9.17, 15) is 10.1 Å². The minimum absolute atomic E-state index is 0.0886. The first-order valence-corrected chi connectivity index (χ1v) is 7.10. The molecule has 1 aromatic carbocycles. The molecule has 0 amide bonds. The quantitative estimate of drug-likeness (QED) is 0.671. The smallest absolute Gasteiger partial charge is 0.168 e. The van der Waals surface area contributed by atoms with Gasteiger partial charge >= 0.3 is 0 Å². The van der Waals surface area contributed by atoms with Crippen molar-refractivity contribution in [2.75, 3.05) is 0 Å². The number of hydrogen-bond donors (Lipinski definition) is 0. The maximum atomic E-state index is 12.1. The Morgan fingerprint density at radius 1 is 1.32 bits per heavy atom. The Morgan fingerprint density at radius 3 is 2.59 bits per heavy atom. The van der Waals surface area contributed by atoms with Crippen molar-refractivity contribution in [3.05, 3.63) is 58.5 Å². The SMILES string of the molecule is CC(=O)c1cc(Cl)c2c(C#N)nc(C)n2c1-c1ccccc1. The summed E-state index contributed by atoms with van der Waals surface area (Å²) in [5.41, 5.74) is 2.88. The van der Waals surface area contributed by atoms with E-state index in [-0.39, 0.29) is 11.5 Å². The Morgan fingerprint density at radius 2 is 2.00 bits per heavy atom. The van der Waals surface area contributed by atoms with Gasteiger partial charge < -0.3 is 0 Å². The third kappa shape index (κ3) is 2.07. The van der Waals surface area contributed by atoms with Crippen molar-refractivity contribution in [2.24, 2.45) is 0 Å². The van der Waals surface area contributed by atoms with Gasteiger partial charge in [0.15, 0.2) is 11.5 Å². The van der Waals surface area contributed by atoms with Gasteiger partial charge in [0.2, 0.25) is 0 Å². The number of ketones is 1. The zero-order chi connectivity index (χ0) is 15.9. The minimum Gasteiger partial charge on any atom is -0.294 e. The lowest BCUT2D eigenvalue weighted by molar-refractivity contribution is 0.101. The Kier molecular flexibility index (Phi) is 3.44. The molecule has 0 bridgehead atoms. The van der Waals surface area contributed by atoms with Crippen LogP contribution < -0.4 is 0 Å². The first kappa shape index (κ1) is 14.3. The van der Waals surface area contributed by atoms with Gasteiger partial charge in [-0.15, -0.1) is 0 Å². The zero-order valence-corrected chi connectivity index (χ0v) is 12.8. The number of nitriles is 1. The van der Waals surface area contributed by atoms with Gasteiger partial charge in [-0.3, -0.25) is 9.20 Å². The van der Waals surface area contributed by atoms with E-state index in [0.717, 1.165) is 5.56 Å². The molecule has 2 heterocycles. The number of carbonyl (C=O) groups is 1. The predicted molar refractivity (Wildman–Crippen MR) is 85.1 cm³/mol. The fourth-order valence-corrected chi connectivity index (χ4v) is 2.92. The number of aromatic nitrogens is 2. The van der Waals surface area contributed by atoms with Gasteiger partial charge in [-0.2, -0.15) is 5.26 Å². The average molecular weight is 310 g/mol. The number of Topliss-reactive ketones (excluding diaryl/α,β-unsaturated/α-hetero) is 1. The van der Waals surface area contributed by atoms with E-state index in [0.29, 0.717) is 27.6 Å². The summed E-state index contributed by atoms with van der Waals surface area (Å²) >= 11 is 6.30. The summed E-state index contributed by atoms with van der Waals surface area (Å²) in [5.74, 6) is 0.532. The van der Waals surface area contributed by atoms with Gasteiger partial charge in [-0.05, 0) is 25.5 Å². The van der Waals surface area contributed by atoms with Crippen molar-refractivity contribution in [1.82, 2.24) is 9.38 Å². The molecule has 0 unspecified atom stereocenters. The monoisotopic (exact) mass is 309 g/mol. The number of aryl methyl sites for hydroxylation is 1. The standard InChI is InChI=1S/C17H12ClN3O/c1-10(22)13-8-14(18)17-15(9-19)20-11(2)21(17)16(13)12-6-4-3-5-7-12/h3-8H,1-2H3. The maximum Gasteiger partial charge on any atom is 0.168 e. The highest BCUT2D eigenvalue weighted by Crippen LogP contribution is 2.33. The molecule has 0 radical (unpaired) electrons. The molecule has 5 heteroatoms. The fourth-order valence-electron chi connectivity index (χ4n) is 2.64. The molecule has 0 aliphatic rings. The van der Waals surface area contributed by atoms with Crippen LogP contribution in [0, 0.1) is 18.3 Å². The number of imidazole rings is 1. The number of halogens is 1. The van der Waals surface area contributed by atoms with Crippen molar-refractivity contribution in [3.8, 4) is 17.3 Å². The summed E-state index contributed by atoms with van der Waals surface area (Å²) < 4.78 is 1.78. The molecular weight excluding hydrogens is 298 g/mol. The van der Waals surface area contributed by atoms with Crippen LogP contribution in [0.1, 0.15) is 28.8 Å². The summed E-state index contributed by atoms with van der Waals surface area (Å²) in [6, 6.07) is 13.2. The van der Waals surface area contributed by atoms with Gasteiger partial charge in [-0.25, -0.2) is 4.98 Å². The third-order valence-corrected chi connectivity index (χ3v) is 3.84. The van der Waals surface area contributed by atoms with Crippen LogP contribution >= 0.6 is 11.6 Å². The van der Waals surface area contributed by atoms with Crippen LogP contribution in [0.2, 0.25) is 5.02 Å². The van der Waals surface area contributed by atoms with Crippen LogP contribution in [-0.4, -0.2) is 15.2 Å². The van der Waals surface area contributed by atoms with Gasteiger partial charge in [-0.1, -0.05) is 41.9 Å². The van der Waals surface area contributed by atoms with Crippen LogP contribution in [0.4, 0.5) is 0 Å². The number of fused-ring (bicyclic) bond motifs is 1. The minimum atomic E-state index is -0.0886. The lowest BCUT2D eigenvalue weighted by Gasteiger charge is -2.13. The molecule has 0 aliphatic carbocycles. The Hall–Kier alpha value is -2.64. The highest BCUT2D eigenvalue weighted by Gasteiger charge is 2.21. The highest BCUT2D eigenvalue weighted by molar-refractivity contribution is 6.34. The first-order chi connectivity index (χ1) is 10.5. The van der Waals surface area contributed by atoms with Crippen molar-refractivity contribution in [2.45, 2.75) is 13.8 Å². The molecule has 0 fully saturated rings. The fraction of sp³-hybridized carbons (Fsp3) is 0.118. The van der Waals surface area contributed by atoms with E-state index in [2.05, 4.69) is 11.1 Å². The van der Waals surface area contributed by atoms with Crippen LogP contribution in [0.15, 0.2) is 36.4 Å². The van der Waals surface area contributed by atoms with E-state index in [1.807, 2.05) is 30.3 Å². The molecule has 0 saturated carbocycles. The van der Waals surface area contributed by atoms with E-state index < -0.39 is 0 Å². The lowest BCUT2D eigenvalue weighted by Crippen LogP contribution is -2.04. The van der Waals surface area contributed by atoms with Gasteiger partial charge in [0, 0.05) is 5.56 Å². The van der Waals surface area contributed by atoms with E-state index in [1.165, 1.54) is 6.92 Å². The number of hydrogen-bond acceptors (Lipinski definition) is 3. The second kappa shape index (κ2) is 5.28. The first-order valence-electron chi connectivity index (χ1n) is 6.72. The molecule has 22 heavy (non-hydrogen) atoms.